The molecule has 1 heterocycles. The fourth-order valence-corrected chi connectivity index (χ4v) is 0.431. The Morgan fingerprint density at radius 3 is 3.33 bits per heavy atom. The van der Waals surface area contributed by atoms with Crippen LogP contribution < -0.4 is 0 Å². The van der Waals surface area contributed by atoms with Crippen molar-refractivity contribution in [3.05, 3.63) is 18.0 Å². The fraction of sp³-hybridized carbons (Fsp3) is 0.200. The van der Waals surface area contributed by atoms with Gasteiger partial charge in [-0.05, 0) is 0 Å². The summed E-state index contributed by atoms with van der Waals surface area (Å²) in [6.45, 7) is 0.550. The van der Waals surface area contributed by atoms with Gasteiger partial charge in [0, 0.05) is 6.07 Å². The summed E-state index contributed by atoms with van der Waals surface area (Å²) in [6, 6.07) is 1.63. The standard InChI is InChI=1S/C5H5NO3/c7-4-8-3-5-1-2-9-6-5/h1-2,4H,3H2. The molecule has 0 aliphatic rings. The van der Waals surface area contributed by atoms with Crippen molar-refractivity contribution in [1.29, 1.82) is 0 Å². The molecular weight excluding hydrogens is 122 g/mol. The van der Waals surface area contributed by atoms with Crippen molar-refractivity contribution in [1.82, 2.24) is 5.16 Å². The highest BCUT2D eigenvalue weighted by Crippen LogP contribution is 1.94. The number of rotatable bonds is 3. The third kappa shape index (κ3) is 1.56. The smallest absolute Gasteiger partial charge is 0.293 e. The predicted molar refractivity (Wildman–Crippen MR) is 27.4 cm³/mol. The minimum atomic E-state index is 0.181. The third-order valence-corrected chi connectivity index (χ3v) is 0.791. The molecule has 1 rings (SSSR count). The number of carbonyl (C=O) groups excluding carboxylic acids is 1. The van der Waals surface area contributed by atoms with Gasteiger partial charge in [0.1, 0.15) is 18.6 Å². The van der Waals surface area contributed by atoms with Crippen LogP contribution in [0.15, 0.2) is 16.9 Å². The molecule has 0 radical (unpaired) electrons. The zero-order chi connectivity index (χ0) is 6.53. The maximum absolute atomic E-state index is 9.62. The van der Waals surface area contributed by atoms with E-state index in [1.807, 2.05) is 0 Å². The molecule has 0 saturated carbocycles. The Labute approximate surface area is 51.4 Å². The van der Waals surface area contributed by atoms with Gasteiger partial charge in [-0.15, -0.1) is 0 Å². The van der Waals surface area contributed by atoms with Crippen molar-refractivity contribution in [2.24, 2.45) is 0 Å². The molecule has 0 aromatic carbocycles. The molecule has 0 atom stereocenters. The largest absolute Gasteiger partial charge is 0.461 e. The molecule has 1 aromatic rings. The monoisotopic (exact) mass is 127 g/mol. The lowest BCUT2D eigenvalue weighted by Gasteiger charge is -1.88. The highest BCUT2D eigenvalue weighted by Gasteiger charge is 1.92. The summed E-state index contributed by atoms with van der Waals surface area (Å²) in [6.07, 6.45) is 1.42. The molecule has 4 nitrogen and oxygen atoms in total. The maximum atomic E-state index is 9.62. The van der Waals surface area contributed by atoms with Crippen LogP contribution in [0.2, 0.25) is 0 Å². The minimum absolute atomic E-state index is 0.181. The Balaban J connectivity index is 2.38. The van der Waals surface area contributed by atoms with Crippen LogP contribution in [0.3, 0.4) is 0 Å². The Morgan fingerprint density at radius 2 is 2.78 bits per heavy atom. The van der Waals surface area contributed by atoms with Gasteiger partial charge in [-0.2, -0.15) is 0 Å². The second-order valence-electron chi connectivity index (χ2n) is 1.40. The van der Waals surface area contributed by atoms with Crippen molar-refractivity contribution in [2.75, 3.05) is 0 Å². The van der Waals surface area contributed by atoms with E-state index in [4.69, 9.17) is 0 Å². The molecule has 48 valence electrons. The van der Waals surface area contributed by atoms with Gasteiger partial charge < -0.3 is 9.26 Å². The molecule has 0 aliphatic carbocycles. The first kappa shape index (κ1) is 5.81. The molecule has 0 N–H and O–H groups in total. The quantitative estimate of drug-likeness (QED) is 0.549. The van der Waals surface area contributed by atoms with E-state index in [-0.39, 0.29) is 6.61 Å². The maximum Gasteiger partial charge on any atom is 0.293 e. The van der Waals surface area contributed by atoms with Gasteiger partial charge in [-0.3, -0.25) is 4.79 Å². The summed E-state index contributed by atoms with van der Waals surface area (Å²) in [5.74, 6) is 0. The van der Waals surface area contributed by atoms with Gasteiger partial charge in [0.15, 0.2) is 0 Å². The Bertz CT molecular complexity index is 170. The Morgan fingerprint density at radius 1 is 1.89 bits per heavy atom. The molecule has 0 fully saturated rings. The first-order valence-corrected chi connectivity index (χ1v) is 2.38. The molecule has 0 bridgehead atoms. The first-order chi connectivity index (χ1) is 4.43. The second kappa shape index (κ2) is 2.86. The van der Waals surface area contributed by atoms with Gasteiger partial charge in [0.05, 0.1) is 0 Å². The van der Waals surface area contributed by atoms with Crippen LogP contribution in [-0.2, 0) is 16.1 Å². The molecule has 4 heteroatoms. The average molecular weight is 127 g/mol. The molecule has 9 heavy (non-hydrogen) atoms. The summed E-state index contributed by atoms with van der Waals surface area (Å²) < 4.78 is 8.84. The molecule has 0 saturated heterocycles. The van der Waals surface area contributed by atoms with Crippen LogP contribution in [0, 0.1) is 0 Å². The summed E-state index contributed by atoms with van der Waals surface area (Å²) in [5.41, 5.74) is 0.613. The summed E-state index contributed by atoms with van der Waals surface area (Å²) in [7, 11) is 0. The van der Waals surface area contributed by atoms with E-state index in [1.54, 1.807) is 6.07 Å². The number of carbonyl (C=O) groups is 1. The number of nitrogens with zero attached hydrogens (tertiary/aromatic N) is 1. The number of aromatic nitrogens is 1. The molecule has 1 aromatic heterocycles. The minimum Gasteiger partial charge on any atom is -0.461 e. The molecule has 0 spiro atoms. The van der Waals surface area contributed by atoms with Crippen LogP contribution in [-0.4, -0.2) is 11.6 Å². The van der Waals surface area contributed by atoms with E-state index in [0.717, 1.165) is 0 Å². The van der Waals surface area contributed by atoms with E-state index in [2.05, 4.69) is 14.4 Å². The average Bonchev–Trinajstić information content (AvgIpc) is 2.34. The predicted octanol–water partition coefficient (Wildman–Crippen LogP) is 0.348. The van der Waals surface area contributed by atoms with Crippen molar-refractivity contribution in [3.63, 3.8) is 0 Å². The van der Waals surface area contributed by atoms with Crippen LogP contribution in [0.25, 0.3) is 0 Å². The topological polar surface area (TPSA) is 52.3 Å². The van der Waals surface area contributed by atoms with Gasteiger partial charge in [-0.1, -0.05) is 5.16 Å². The first-order valence-electron chi connectivity index (χ1n) is 2.38. The zero-order valence-electron chi connectivity index (χ0n) is 4.61. The molecular formula is C5H5NO3. The Hall–Kier alpha value is -1.32. The van der Waals surface area contributed by atoms with Gasteiger partial charge >= 0.3 is 0 Å². The van der Waals surface area contributed by atoms with Crippen molar-refractivity contribution >= 4 is 6.47 Å². The normalized spacial score (nSPS) is 8.89. The molecule has 0 aliphatic heterocycles. The van der Waals surface area contributed by atoms with Crippen molar-refractivity contribution in [2.45, 2.75) is 6.61 Å². The van der Waals surface area contributed by atoms with Crippen molar-refractivity contribution in [3.8, 4) is 0 Å². The number of hydrogen-bond acceptors (Lipinski definition) is 4. The number of ether oxygens (including phenoxy) is 1. The van der Waals surface area contributed by atoms with Crippen molar-refractivity contribution < 1.29 is 14.1 Å². The van der Waals surface area contributed by atoms with E-state index in [0.29, 0.717) is 12.2 Å². The number of hydrogen-bond donors (Lipinski definition) is 0. The SMILES string of the molecule is O=COCc1ccon1. The van der Waals surface area contributed by atoms with Gasteiger partial charge in [0.25, 0.3) is 6.47 Å². The van der Waals surface area contributed by atoms with Gasteiger partial charge in [-0.25, -0.2) is 0 Å². The second-order valence-corrected chi connectivity index (χ2v) is 1.40. The Kier molecular flexibility index (Phi) is 1.85. The molecule has 0 unspecified atom stereocenters. The van der Waals surface area contributed by atoms with Crippen LogP contribution in [0.1, 0.15) is 5.69 Å². The van der Waals surface area contributed by atoms with E-state index in [9.17, 15) is 4.79 Å². The van der Waals surface area contributed by atoms with Gasteiger partial charge in [0.2, 0.25) is 0 Å². The lowest BCUT2D eigenvalue weighted by atomic mass is 10.5. The van der Waals surface area contributed by atoms with E-state index < -0.39 is 0 Å². The molecule has 0 amide bonds. The highest BCUT2D eigenvalue weighted by molar-refractivity contribution is 5.36. The zero-order valence-corrected chi connectivity index (χ0v) is 4.61. The summed E-state index contributed by atoms with van der Waals surface area (Å²) >= 11 is 0. The van der Waals surface area contributed by atoms with E-state index >= 15 is 0 Å². The lowest BCUT2D eigenvalue weighted by Crippen LogP contribution is -1.88. The van der Waals surface area contributed by atoms with Crippen LogP contribution in [0.4, 0.5) is 0 Å². The summed E-state index contributed by atoms with van der Waals surface area (Å²) in [5, 5.41) is 3.49. The lowest BCUT2D eigenvalue weighted by molar-refractivity contribution is -0.129. The van der Waals surface area contributed by atoms with Crippen LogP contribution >= 0.6 is 0 Å². The fourth-order valence-electron chi connectivity index (χ4n) is 0.431. The van der Waals surface area contributed by atoms with Crippen LogP contribution in [0.5, 0.6) is 0 Å². The summed E-state index contributed by atoms with van der Waals surface area (Å²) in [4.78, 5) is 9.62. The van der Waals surface area contributed by atoms with E-state index in [1.165, 1.54) is 6.26 Å². The third-order valence-electron chi connectivity index (χ3n) is 0.791. The highest BCUT2D eigenvalue weighted by atomic mass is 16.5.